The van der Waals surface area contributed by atoms with E-state index in [1.54, 1.807) is 0 Å². The van der Waals surface area contributed by atoms with E-state index in [-0.39, 0.29) is 0 Å². The van der Waals surface area contributed by atoms with Gasteiger partial charge in [0.1, 0.15) is 54.9 Å². The molecule has 15 atom stereocenters. The smallest absolute Gasteiger partial charge is 0.397 e. The SMILES string of the molecule is N[C@H]1[C@@H](O[C@H]2[C@H](O)[C@@H](OS(=O)(=O)O)[C@H](O[C@H]3[C@H](O)[C@@H](NS(=O)(=O)O)[C@@H](O)O[C@@H]3COS(=O)(=O)O)O[C@H]2C(=O)O)O[C@H](CO)[C@@H](O)[C@@H]1OS(=O)(=O)O. The van der Waals surface area contributed by atoms with Gasteiger partial charge in [-0.1, -0.05) is 0 Å². The Morgan fingerprint density at radius 2 is 1.24 bits per heavy atom. The molecule has 0 aromatic carbocycles. The Hall–Kier alpha value is -1.49. The number of aliphatic hydroxyl groups excluding tert-OH is 5. The Balaban J connectivity index is 2.03. The van der Waals surface area contributed by atoms with Crippen LogP contribution in [0.5, 0.6) is 0 Å². The number of nitrogens with one attached hydrogen (secondary N) is 1. The first-order valence-corrected chi connectivity index (χ1v) is 18.9. The van der Waals surface area contributed by atoms with Gasteiger partial charge in [-0.2, -0.15) is 38.4 Å². The van der Waals surface area contributed by atoms with Crippen molar-refractivity contribution in [3.63, 3.8) is 0 Å². The van der Waals surface area contributed by atoms with Gasteiger partial charge in [0.15, 0.2) is 31.1 Å². The minimum Gasteiger partial charge on any atom is -0.479 e. The summed E-state index contributed by atoms with van der Waals surface area (Å²) >= 11 is 0. The van der Waals surface area contributed by atoms with Gasteiger partial charge in [-0.05, 0) is 0 Å². The van der Waals surface area contributed by atoms with E-state index in [9.17, 15) is 73.7 Å². The van der Waals surface area contributed by atoms with E-state index in [1.165, 1.54) is 4.72 Å². The molecule has 0 unspecified atom stereocenters. The molecule has 0 spiro atoms. The van der Waals surface area contributed by atoms with Crippen LogP contribution in [-0.2, 0) is 82.5 Å². The molecule has 13 N–H and O–H groups in total. The van der Waals surface area contributed by atoms with Gasteiger partial charge in [0.25, 0.3) is 0 Å². The molecule has 3 aliphatic rings. The summed E-state index contributed by atoms with van der Waals surface area (Å²) in [6.07, 6.45) is -31.2. The summed E-state index contributed by atoms with van der Waals surface area (Å²) < 4.78 is 168. The Morgan fingerprint density at radius 1 is 0.686 bits per heavy atom. The van der Waals surface area contributed by atoms with E-state index >= 15 is 0 Å². The van der Waals surface area contributed by atoms with Gasteiger partial charge in [-0.25, -0.2) is 17.3 Å². The Labute approximate surface area is 286 Å². The van der Waals surface area contributed by atoms with Gasteiger partial charge in [-0.15, -0.1) is 0 Å². The van der Waals surface area contributed by atoms with E-state index in [2.05, 4.69) is 12.5 Å². The van der Waals surface area contributed by atoms with Crippen LogP contribution in [-0.4, -0.2) is 194 Å². The van der Waals surface area contributed by atoms with Crippen molar-refractivity contribution in [3.05, 3.63) is 0 Å². The third kappa shape index (κ3) is 12.0. The molecule has 3 saturated heterocycles. The summed E-state index contributed by atoms with van der Waals surface area (Å²) in [7, 11) is -21.8. The van der Waals surface area contributed by atoms with Crippen LogP contribution in [0.1, 0.15) is 0 Å². The first kappa shape index (κ1) is 43.9. The van der Waals surface area contributed by atoms with E-state index in [0.717, 1.165) is 0 Å². The van der Waals surface area contributed by atoms with Gasteiger partial charge in [0.05, 0.1) is 19.3 Å². The molecular weight excluding hydrogens is 804 g/mol. The molecule has 3 aliphatic heterocycles. The van der Waals surface area contributed by atoms with Crippen LogP contribution >= 0.6 is 0 Å². The number of aliphatic carboxylic acids is 1. The number of hydrogen-bond acceptors (Lipinski definition) is 23. The van der Waals surface area contributed by atoms with Crippen molar-refractivity contribution in [2.75, 3.05) is 13.2 Å². The van der Waals surface area contributed by atoms with Crippen molar-refractivity contribution >= 4 is 47.5 Å². The van der Waals surface area contributed by atoms with Crippen molar-refractivity contribution in [3.8, 4) is 0 Å². The average molecular weight is 837 g/mol. The predicted molar refractivity (Wildman–Crippen MR) is 147 cm³/mol. The zero-order valence-corrected chi connectivity index (χ0v) is 28.0. The summed E-state index contributed by atoms with van der Waals surface area (Å²) in [5.41, 5.74) is 5.81. The van der Waals surface area contributed by atoms with Gasteiger partial charge in [0, 0.05) is 0 Å². The number of rotatable bonds is 15. The fourth-order valence-corrected chi connectivity index (χ4v) is 6.92. The van der Waals surface area contributed by atoms with Gasteiger partial charge in [-0.3, -0.25) is 18.2 Å². The van der Waals surface area contributed by atoms with E-state index < -0.39 is 153 Å². The number of hydrogen-bond donors (Lipinski definition) is 12. The summed E-state index contributed by atoms with van der Waals surface area (Å²) in [4.78, 5) is 12.3. The molecule has 0 aromatic rings. The molecule has 51 heavy (non-hydrogen) atoms. The number of carboxylic acid groups (broad SMARTS) is 1. The van der Waals surface area contributed by atoms with Crippen LogP contribution in [0.2, 0.25) is 0 Å². The summed E-state index contributed by atoms with van der Waals surface area (Å²) in [6, 6.07) is -4.37. The molecule has 0 saturated carbocycles. The highest BCUT2D eigenvalue weighted by atomic mass is 32.3. The van der Waals surface area contributed by atoms with Crippen LogP contribution in [0, 0.1) is 0 Å². The molecular formula is C18H32N2O27S4. The Morgan fingerprint density at radius 3 is 1.73 bits per heavy atom. The van der Waals surface area contributed by atoms with Crippen LogP contribution in [0.15, 0.2) is 0 Å². The van der Waals surface area contributed by atoms with Crippen molar-refractivity contribution in [1.29, 1.82) is 0 Å². The number of nitrogens with two attached hydrogens (primary N) is 1. The van der Waals surface area contributed by atoms with E-state index in [1.807, 2.05) is 0 Å². The molecule has 33 heteroatoms. The van der Waals surface area contributed by atoms with Crippen molar-refractivity contribution in [1.82, 2.24) is 4.72 Å². The number of aliphatic hydroxyl groups is 5. The highest BCUT2D eigenvalue weighted by Crippen LogP contribution is 2.34. The fourth-order valence-electron chi connectivity index (χ4n) is 5.00. The van der Waals surface area contributed by atoms with Crippen LogP contribution in [0.3, 0.4) is 0 Å². The molecule has 29 nitrogen and oxygen atoms in total. The zero-order valence-electron chi connectivity index (χ0n) is 24.7. The van der Waals surface area contributed by atoms with E-state index in [4.69, 9.17) is 43.1 Å². The molecule has 0 bridgehead atoms. The topological polar surface area (TPSA) is 468 Å². The Bertz CT molecular complexity index is 1660. The largest absolute Gasteiger partial charge is 0.479 e. The third-order valence-corrected chi connectivity index (χ3v) is 9.01. The highest BCUT2D eigenvalue weighted by Gasteiger charge is 2.57. The molecule has 300 valence electrons. The van der Waals surface area contributed by atoms with E-state index in [0.29, 0.717) is 0 Å². The predicted octanol–water partition coefficient (Wildman–Crippen LogP) is -8.63. The molecule has 0 amide bonds. The lowest BCUT2D eigenvalue weighted by molar-refractivity contribution is -0.356. The lowest BCUT2D eigenvalue weighted by Crippen LogP contribution is -2.69. The molecule has 0 radical (unpaired) electrons. The standard InChI is InChI=1S/C18H32N2O27S4/c19-5-11(46-50(34,35)36)7(22)3(1-21)42-17(5)44-12-9(24)13(47-51(37,38)39)18(45-14(12)15(25)26)43-10-4(2-40-49(31,32)33)41-16(27)6(8(10)23)20-48(28,29)30/h3-14,16-18,20-24,27H,1-2,19H2,(H,25,26)(H,28,29,30)(H,31,32,33)(H,34,35,36)(H,37,38,39)/t3-,4-,5-,6-,7-,8-,9+,10-,11-,12+,13-,14-,16+,17-,18-/m1/s1. The highest BCUT2D eigenvalue weighted by molar-refractivity contribution is 7.83. The molecule has 0 aromatic heterocycles. The number of carbonyl (C=O) groups is 1. The second-order valence-electron chi connectivity index (χ2n) is 10.6. The van der Waals surface area contributed by atoms with Crippen LogP contribution < -0.4 is 10.5 Å². The summed E-state index contributed by atoms with van der Waals surface area (Å²) in [5, 5.41) is 61.9. The zero-order chi connectivity index (χ0) is 39.0. The minimum absolute atomic E-state index is 1.13. The summed E-state index contributed by atoms with van der Waals surface area (Å²) in [5.74, 6) is -2.11. The summed E-state index contributed by atoms with van der Waals surface area (Å²) in [6.45, 7) is -2.54. The second-order valence-corrected chi connectivity index (χ2v) is 15.0. The Kier molecular flexibility index (Phi) is 14.2. The third-order valence-electron chi connectivity index (χ3n) is 7.07. The van der Waals surface area contributed by atoms with Gasteiger partial charge >= 0.3 is 47.5 Å². The molecule has 3 heterocycles. The number of carboxylic acids is 1. The first-order chi connectivity index (χ1) is 23.1. The number of ether oxygens (including phenoxy) is 5. The van der Waals surface area contributed by atoms with Crippen molar-refractivity contribution < 1.29 is 124 Å². The van der Waals surface area contributed by atoms with Crippen molar-refractivity contribution in [2.24, 2.45) is 5.73 Å². The lowest BCUT2D eigenvalue weighted by Gasteiger charge is -2.48. The minimum atomic E-state index is -5.74. The van der Waals surface area contributed by atoms with Crippen molar-refractivity contribution in [2.45, 2.75) is 92.0 Å². The maximum Gasteiger partial charge on any atom is 0.397 e. The quantitative estimate of drug-likeness (QED) is 0.0681. The molecule has 3 fully saturated rings. The second kappa shape index (κ2) is 16.5. The van der Waals surface area contributed by atoms with Crippen LogP contribution in [0.4, 0.5) is 0 Å². The first-order valence-electron chi connectivity index (χ1n) is 13.4. The lowest BCUT2D eigenvalue weighted by atomic mass is 9.95. The molecule has 3 rings (SSSR count). The normalized spacial score (nSPS) is 40.2. The average Bonchev–Trinajstić information content (AvgIpc) is 2.95. The monoisotopic (exact) mass is 836 g/mol. The fraction of sp³-hybridized carbons (Fsp3) is 0.944. The van der Waals surface area contributed by atoms with Crippen LogP contribution in [0.25, 0.3) is 0 Å². The maximum atomic E-state index is 12.3. The maximum absolute atomic E-state index is 12.3. The van der Waals surface area contributed by atoms with Gasteiger partial charge in [0.2, 0.25) is 0 Å². The van der Waals surface area contributed by atoms with Gasteiger partial charge < -0.3 is 60.1 Å². The molecule has 0 aliphatic carbocycles.